The van der Waals surface area contributed by atoms with Gasteiger partial charge in [0.2, 0.25) is 0 Å². The summed E-state index contributed by atoms with van der Waals surface area (Å²) in [7, 11) is 2.16. The lowest BCUT2D eigenvalue weighted by Gasteiger charge is -2.27. The van der Waals surface area contributed by atoms with Crippen molar-refractivity contribution in [2.24, 2.45) is 0 Å². The molecule has 7 nitrogen and oxygen atoms in total. The number of rotatable bonds is 4. The summed E-state index contributed by atoms with van der Waals surface area (Å²) in [5.41, 5.74) is 19.6. The van der Waals surface area contributed by atoms with Gasteiger partial charge in [-0.25, -0.2) is 15.0 Å². The van der Waals surface area contributed by atoms with Gasteiger partial charge in [-0.05, 0) is 73.3 Å². The molecule has 4 rings (SSSR count). The topological polar surface area (TPSA) is 103 Å². The van der Waals surface area contributed by atoms with Crippen molar-refractivity contribution in [3.63, 3.8) is 0 Å². The molecular weight excluding hydrogens is 364 g/mol. The van der Waals surface area contributed by atoms with Crippen molar-refractivity contribution in [1.29, 1.82) is 0 Å². The number of fused-ring (bicyclic) bond motifs is 1. The minimum Gasteiger partial charge on any atom is -0.470 e. The number of hydrogen-bond acceptors (Lipinski definition) is 7. The quantitative estimate of drug-likeness (QED) is 0.706. The normalized spacial score (nSPS) is 13.9. The van der Waals surface area contributed by atoms with E-state index in [0.29, 0.717) is 18.3 Å². The molecule has 0 aliphatic carbocycles. The summed E-state index contributed by atoms with van der Waals surface area (Å²) >= 11 is 0. The second-order valence-corrected chi connectivity index (χ2v) is 7.69. The maximum Gasteiger partial charge on any atom is 0.258 e. The number of nitrogens with two attached hydrogens (primary N) is 2. The third-order valence-corrected chi connectivity index (χ3v) is 5.42. The fourth-order valence-electron chi connectivity index (χ4n) is 3.66. The summed E-state index contributed by atoms with van der Waals surface area (Å²) in [4.78, 5) is 15.4. The van der Waals surface area contributed by atoms with Crippen molar-refractivity contribution in [2.75, 3.05) is 25.1 Å². The summed E-state index contributed by atoms with van der Waals surface area (Å²) in [5.74, 6) is 1.05. The highest BCUT2D eigenvalue weighted by atomic mass is 16.5. The molecule has 0 saturated carbocycles. The van der Waals surface area contributed by atoms with E-state index in [0.717, 1.165) is 41.9 Å². The molecule has 1 aliphatic heterocycles. The molecule has 0 atom stereocenters. The SMILES string of the molecule is Cc1cnc(N)cc1COc1nc(-c2cc(C)c3c(c2)CCN(C)C3)cnc1N. The molecule has 1 aromatic carbocycles. The largest absolute Gasteiger partial charge is 0.470 e. The van der Waals surface area contributed by atoms with Crippen LogP contribution in [0.1, 0.15) is 27.8 Å². The van der Waals surface area contributed by atoms with Gasteiger partial charge in [0.1, 0.15) is 12.4 Å². The van der Waals surface area contributed by atoms with Crippen LogP contribution in [0, 0.1) is 13.8 Å². The van der Waals surface area contributed by atoms with Crippen LogP contribution in [0.2, 0.25) is 0 Å². The first-order chi connectivity index (χ1) is 13.9. The van der Waals surface area contributed by atoms with E-state index in [1.807, 2.05) is 6.92 Å². The van der Waals surface area contributed by atoms with Gasteiger partial charge in [-0.2, -0.15) is 0 Å². The predicted molar refractivity (Wildman–Crippen MR) is 114 cm³/mol. The molecule has 3 aromatic rings. The minimum atomic E-state index is 0.268. The van der Waals surface area contributed by atoms with Gasteiger partial charge in [-0.15, -0.1) is 0 Å². The molecule has 29 heavy (non-hydrogen) atoms. The molecule has 0 amide bonds. The number of nitrogens with zero attached hydrogens (tertiary/aromatic N) is 4. The van der Waals surface area contributed by atoms with Gasteiger partial charge in [0, 0.05) is 24.8 Å². The molecule has 150 valence electrons. The van der Waals surface area contributed by atoms with E-state index >= 15 is 0 Å². The van der Waals surface area contributed by atoms with E-state index in [4.69, 9.17) is 16.2 Å². The summed E-state index contributed by atoms with van der Waals surface area (Å²) < 4.78 is 5.89. The highest BCUT2D eigenvalue weighted by Crippen LogP contribution is 2.30. The van der Waals surface area contributed by atoms with Crippen LogP contribution in [0.3, 0.4) is 0 Å². The lowest BCUT2D eigenvalue weighted by atomic mass is 9.92. The standard InChI is InChI=1S/C22H26N6O/c1-13-6-16(7-15-4-5-28(3)11-18(13)15)19-10-26-21(24)22(27-19)29-12-17-8-20(23)25-9-14(17)2/h6-10H,4-5,11-12H2,1-3H3,(H2,23,25)(H2,24,26). The zero-order chi connectivity index (χ0) is 20.5. The highest BCUT2D eigenvalue weighted by Gasteiger charge is 2.18. The smallest absolute Gasteiger partial charge is 0.258 e. The monoisotopic (exact) mass is 390 g/mol. The average Bonchev–Trinajstić information content (AvgIpc) is 2.70. The number of aromatic nitrogens is 3. The maximum absolute atomic E-state index is 6.01. The van der Waals surface area contributed by atoms with Crippen LogP contribution in [0.15, 0.2) is 30.6 Å². The molecule has 4 N–H and O–H groups in total. The summed E-state index contributed by atoms with van der Waals surface area (Å²) in [6.45, 7) is 6.46. The van der Waals surface area contributed by atoms with Crippen LogP contribution < -0.4 is 16.2 Å². The minimum absolute atomic E-state index is 0.268. The lowest BCUT2D eigenvalue weighted by molar-refractivity contribution is 0.294. The number of anilines is 2. The van der Waals surface area contributed by atoms with Crippen molar-refractivity contribution >= 4 is 11.6 Å². The highest BCUT2D eigenvalue weighted by molar-refractivity contribution is 5.64. The van der Waals surface area contributed by atoms with Gasteiger partial charge in [-0.1, -0.05) is 0 Å². The summed E-state index contributed by atoms with van der Waals surface area (Å²) in [5, 5.41) is 0. The van der Waals surface area contributed by atoms with Crippen LogP contribution in [-0.4, -0.2) is 33.4 Å². The van der Waals surface area contributed by atoms with E-state index < -0.39 is 0 Å². The molecular formula is C22H26N6O. The lowest BCUT2D eigenvalue weighted by Crippen LogP contribution is -2.27. The fourth-order valence-corrected chi connectivity index (χ4v) is 3.66. The maximum atomic E-state index is 6.01. The van der Waals surface area contributed by atoms with Gasteiger partial charge < -0.3 is 21.1 Å². The molecule has 2 aromatic heterocycles. The third kappa shape index (κ3) is 4.00. The zero-order valence-electron chi connectivity index (χ0n) is 17.1. The van der Waals surface area contributed by atoms with Gasteiger partial charge in [0.05, 0.1) is 11.9 Å². The van der Waals surface area contributed by atoms with Crippen molar-refractivity contribution in [1.82, 2.24) is 19.9 Å². The average molecular weight is 390 g/mol. The Labute approximate surface area is 170 Å². The first-order valence-corrected chi connectivity index (χ1v) is 9.68. The summed E-state index contributed by atoms with van der Waals surface area (Å²) in [6, 6.07) is 6.18. The zero-order valence-corrected chi connectivity index (χ0v) is 17.1. The molecule has 0 radical (unpaired) electrons. The van der Waals surface area contributed by atoms with Crippen LogP contribution in [0.25, 0.3) is 11.3 Å². The number of nitrogen functional groups attached to an aromatic ring is 2. The second-order valence-electron chi connectivity index (χ2n) is 7.69. The third-order valence-electron chi connectivity index (χ3n) is 5.42. The Morgan fingerprint density at radius 3 is 2.72 bits per heavy atom. The molecule has 0 fully saturated rings. The summed E-state index contributed by atoms with van der Waals surface area (Å²) in [6.07, 6.45) is 4.47. The van der Waals surface area contributed by atoms with Gasteiger partial charge in [0.15, 0.2) is 5.82 Å². The Morgan fingerprint density at radius 2 is 1.90 bits per heavy atom. The first-order valence-electron chi connectivity index (χ1n) is 9.68. The van der Waals surface area contributed by atoms with E-state index in [-0.39, 0.29) is 5.82 Å². The van der Waals surface area contributed by atoms with E-state index in [1.165, 1.54) is 16.7 Å². The number of pyridine rings is 1. The van der Waals surface area contributed by atoms with Crippen LogP contribution in [0.4, 0.5) is 11.6 Å². The molecule has 0 bridgehead atoms. The van der Waals surface area contributed by atoms with Crippen molar-refractivity contribution in [3.8, 4) is 17.1 Å². The molecule has 0 saturated heterocycles. The Hall–Kier alpha value is -3.19. The molecule has 0 spiro atoms. The van der Waals surface area contributed by atoms with E-state index in [2.05, 4.69) is 46.0 Å². The fraction of sp³-hybridized carbons (Fsp3) is 0.318. The Balaban J connectivity index is 1.62. The number of hydrogen-bond donors (Lipinski definition) is 2. The van der Waals surface area contributed by atoms with Crippen molar-refractivity contribution < 1.29 is 4.74 Å². The van der Waals surface area contributed by atoms with Gasteiger partial charge >= 0.3 is 0 Å². The van der Waals surface area contributed by atoms with Crippen LogP contribution >= 0.6 is 0 Å². The number of benzene rings is 1. The molecule has 3 heterocycles. The molecule has 0 unspecified atom stereocenters. The van der Waals surface area contributed by atoms with Crippen LogP contribution in [-0.2, 0) is 19.6 Å². The Bertz CT molecular complexity index is 1070. The Kier molecular flexibility index (Phi) is 5.07. The second kappa shape index (κ2) is 7.67. The number of aryl methyl sites for hydroxylation is 2. The number of likely N-dealkylation sites (N-methyl/N-ethyl adjacent to an activating group) is 1. The van der Waals surface area contributed by atoms with E-state index in [1.54, 1.807) is 18.5 Å². The van der Waals surface area contributed by atoms with Crippen molar-refractivity contribution in [2.45, 2.75) is 33.4 Å². The Morgan fingerprint density at radius 1 is 1.07 bits per heavy atom. The van der Waals surface area contributed by atoms with Gasteiger partial charge in [0.25, 0.3) is 5.88 Å². The molecule has 1 aliphatic rings. The predicted octanol–water partition coefficient (Wildman–Crippen LogP) is 2.89. The first kappa shape index (κ1) is 19.1. The van der Waals surface area contributed by atoms with Crippen molar-refractivity contribution in [3.05, 3.63) is 58.4 Å². The van der Waals surface area contributed by atoms with Gasteiger partial charge in [-0.3, -0.25) is 0 Å². The van der Waals surface area contributed by atoms with E-state index in [9.17, 15) is 0 Å². The molecule has 7 heteroatoms. The van der Waals surface area contributed by atoms with Crippen LogP contribution in [0.5, 0.6) is 5.88 Å². The number of ether oxygens (including phenoxy) is 1.